The van der Waals surface area contributed by atoms with Gasteiger partial charge in [0.2, 0.25) is 0 Å². The van der Waals surface area contributed by atoms with E-state index in [4.69, 9.17) is 0 Å². The maximum Gasteiger partial charge on any atom is 0.262 e. The average molecular weight is 440 g/mol. The summed E-state index contributed by atoms with van der Waals surface area (Å²) in [7, 11) is 0. The van der Waals surface area contributed by atoms with E-state index in [0.29, 0.717) is 34.8 Å². The number of carbonyl (C=O) groups excluding carboxylic acids is 1. The Bertz CT molecular complexity index is 1450. The number of anilines is 1. The first-order valence-corrected chi connectivity index (χ1v) is 10.5. The van der Waals surface area contributed by atoms with Crippen molar-refractivity contribution in [3.8, 4) is 11.3 Å². The van der Waals surface area contributed by atoms with Crippen LogP contribution in [0, 0.1) is 19.7 Å². The van der Waals surface area contributed by atoms with Gasteiger partial charge in [-0.1, -0.05) is 30.3 Å². The molecule has 0 aliphatic rings. The van der Waals surface area contributed by atoms with Crippen LogP contribution in [0.25, 0.3) is 16.9 Å². The maximum atomic E-state index is 13.5. The zero-order chi connectivity index (χ0) is 22.9. The molecule has 2 aromatic carbocycles. The van der Waals surface area contributed by atoms with E-state index >= 15 is 0 Å². The molecule has 0 saturated carbocycles. The standard InChI is InChI=1S/C25H21FN6O/c1-16-12-17(2)32-23(29-16)21(13-28-32)25(33)30-24-22(19-8-10-20(26)11-9-19)27-15-31(24)14-18-6-4-3-5-7-18/h3-13,15H,14H2,1-2H3,(H,30,33). The second-order valence-electron chi connectivity index (χ2n) is 7.85. The van der Waals surface area contributed by atoms with Gasteiger partial charge >= 0.3 is 0 Å². The number of benzene rings is 2. The number of amides is 1. The molecular formula is C25H21FN6O. The number of carbonyl (C=O) groups is 1. The van der Waals surface area contributed by atoms with Gasteiger partial charge in [0.25, 0.3) is 5.91 Å². The molecular weight excluding hydrogens is 419 g/mol. The van der Waals surface area contributed by atoms with Gasteiger partial charge in [-0.05, 0) is 49.7 Å². The SMILES string of the molecule is Cc1cc(C)n2ncc(C(=O)Nc3c(-c4ccc(F)cc4)ncn3Cc3ccccc3)c2n1. The number of rotatable bonds is 5. The van der Waals surface area contributed by atoms with Crippen LogP contribution in [-0.2, 0) is 6.54 Å². The summed E-state index contributed by atoms with van der Waals surface area (Å²) in [5, 5.41) is 7.32. The molecule has 0 spiro atoms. The van der Waals surface area contributed by atoms with Crippen molar-refractivity contribution in [1.82, 2.24) is 24.1 Å². The summed E-state index contributed by atoms with van der Waals surface area (Å²) in [5.41, 5.74) is 4.84. The van der Waals surface area contributed by atoms with Gasteiger partial charge in [0.1, 0.15) is 22.9 Å². The predicted octanol–water partition coefficient (Wildman–Crippen LogP) is 4.65. The number of hydrogen-bond donors (Lipinski definition) is 1. The highest BCUT2D eigenvalue weighted by molar-refractivity contribution is 6.09. The number of nitrogens with zero attached hydrogens (tertiary/aromatic N) is 5. The van der Waals surface area contributed by atoms with E-state index in [1.165, 1.54) is 18.3 Å². The van der Waals surface area contributed by atoms with Gasteiger partial charge in [-0.25, -0.2) is 18.9 Å². The monoisotopic (exact) mass is 440 g/mol. The fraction of sp³-hybridized carbons (Fsp3) is 0.120. The second-order valence-corrected chi connectivity index (χ2v) is 7.85. The molecule has 164 valence electrons. The molecule has 5 aromatic rings. The second kappa shape index (κ2) is 8.31. The molecule has 1 N–H and O–H groups in total. The minimum atomic E-state index is -0.347. The molecule has 5 rings (SSSR count). The van der Waals surface area contributed by atoms with E-state index in [1.54, 1.807) is 23.0 Å². The van der Waals surface area contributed by atoms with Crippen LogP contribution in [0.2, 0.25) is 0 Å². The zero-order valence-electron chi connectivity index (χ0n) is 18.2. The summed E-state index contributed by atoms with van der Waals surface area (Å²) < 4.78 is 17.0. The van der Waals surface area contributed by atoms with Crippen LogP contribution in [0.4, 0.5) is 10.2 Å². The molecule has 0 saturated heterocycles. The smallest absolute Gasteiger partial charge is 0.262 e. The molecule has 1 amide bonds. The lowest BCUT2D eigenvalue weighted by Crippen LogP contribution is -2.16. The van der Waals surface area contributed by atoms with Crippen LogP contribution < -0.4 is 5.32 Å². The Morgan fingerprint density at radius 3 is 2.58 bits per heavy atom. The fourth-order valence-electron chi connectivity index (χ4n) is 3.84. The lowest BCUT2D eigenvalue weighted by Gasteiger charge is -2.12. The van der Waals surface area contributed by atoms with Crippen molar-refractivity contribution in [2.45, 2.75) is 20.4 Å². The van der Waals surface area contributed by atoms with Gasteiger partial charge in [-0.2, -0.15) is 5.10 Å². The third kappa shape index (κ3) is 3.98. The van der Waals surface area contributed by atoms with Gasteiger partial charge in [-0.15, -0.1) is 0 Å². The molecule has 0 atom stereocenters. The highest BCUT2D eigenvalue weighted by atomic mass is 19.1. The number of hydrogen-bond acceptors (Lipinski definition) is 4. The van der Waals surface area contributed by atoms with Crippen LogP contribution in [0.3, 0.4) is 0 Å². The van der Waals surface area contributed by atoms with Crippen molar-refractivity contribution in [3.63, 3.8) is 0 Å². The largest absolute Gasteiger partial charge is 0.312 e. The van der Waals surface area contributed by atoms with Crippen molar-refractivity contribution < 1.29 is 9.18 Å². The normalized spacial score (nSPS) is 11.1. The van der Waals surface area contributed by atoms with Crippen LogP contribution in [-0.4, -0.2) is 30.1 Å². The molecule has 0 fully saturated rings. The van der Waals surface area contributed by atoms with Crippen molar-refractivity contribution in [2.24, 2.45) is 0 Å². The van der Waals surface area contributed by atoms with E-state index < -0.39 is 0 Å². The molecule has 0 unspecified atom stereocenters. The number of fused-ring (bicyclic) bond motifs is 1. The minimum absolute atomic E-state index is 0.337. The Hall–Kier alpha value is -4.33. The number of nitrogens with one attached hydrogen (secondary N) is 1. The summed E-state index contributed by atoms with van der Waals surface area (Å²) >= 11 is 0. The molecule has 3 heterocycles. The van der Waals surface area contributed by atoms with Crippen LogP contribution >= 0.6 is 0 Å². The van der Waals surface area contributed by atoms with Gasteiger partial charge in [0.15, 0.2) is 5.65 Å². The Labute approximate surface area is 189 Å². The van der Waals surface area contributed by atoms with E-state index in [-0.39, 0.29) is 11.7 Å². The summed E-state index contributed by atoms with van der Waals surface area (Å²) in [5.74, 6) is -0.170. The Morgan fingerprint density at radius 1 is 1.06 bits per heavy atom. The summed E-state index contributed by atoms with van der Waals surface area (Å²) in [6.07, 6.45) is 3.18. The third-order valence-corrected chi connectivity index (χ3v) is 5.41. The average Bonchev–Trinajstić information content (AvgIpc) is 3.40. The molecule has 0 aliphatic heterocycles. The number of aromatic nitrogens is 5. The quantitative estimate of drug-likeness (QED) is 0.432. The van der Waals surface area contributed by atoms with Crippen molar-refractivity contribution in [2.75, 3.05) is 5.32 Å². The van der Waals surface area contributed by atoms with Crippen LogP contribution in [0.5, 0.6) is 0 Å². The fourth-order valence-corrected chi connectivity index (χ4v) is 3.84. The first kappa shape index (κ1) is 20.6. The maximum absolute atomic E-state index is 13.5. The van der Waals surface area contributed by atoms with Crippen molar-refractivity contribution in [1.29, 1.82) is 0 Å². The lowest BCUT2D eigenvalue weighted by atomic mass is 10.1. The van der Waals surface area contributed by atoms with Gasteiger partial charge in [-0.3, -0.25) is 4.79 Å². The van der Waals surface area contributed by atoms with Gasteiger partial charge in [0.05, 0.1) is 19.1 Å². The van der Waals surface area contributed by atoms with Crippen LogP contribution in [0.15, 0.2) is 73.2 Å². The molecule has 7 nitrogen and oxygen atoms in total. The third-order valence-electron chi connectivity index (χ3n) is 5.41. The Kier molecular flexibility index (Phi) is 5.18. The predicted molar refractivity (Wildman–Crippen MR) is 124 cm³/mol. The molecule has 0 bridgehead atoms. The summed E-state index contributed by atoms with van der Waals surface area (Å²) in [6, 6.07) is 17.8. The van der Waals surface area contributed by atoms with E-state index in [1.807, 2.05) is 54.8 Å². The lowest BCUT2D eigenvalue weighted by molar-refractivity contribution is 0.102. The van der Waals surface area contributed by atoms with Crippen molar-refractivity contribution >= 4 is 17.4 Å². The number of aryl methyl sites for hydroxylation is 2. The first-order chi connectivity index (χ1) is 16.0. The topological polar surface area (TPSA) is 77.1 Å². The zero-order valence-corrected chi connectivity index (χ0v) is 18.2. The molecule has 0 aliphatic carbocycles. The van der Waals surface area contributed by atoms with E-state index in [0.717, 1.165) is 17.0 Å². The molecule has 3 aromatic heterocycles. The highest BCUT2D eigenvalue weighted by Gasteiger charge is 2.21. The summed E-state index contributed by atoms with van der Waals surface area (Å²) in [6.45, 7) is 4.30. The van der Waals surface area contributed by atoms with Gasteiger partial charge < -0.3 is 9.88 Å². The van der Waals surface area contributed by atoms with E-state index in [9.17, 15) is 9.18 Å². The highest BCUT2D eigenvalue weighted by Crippen LogP contribution is 2.28. The van der Waals surface area contributed by atoms with Gasteiger partial charge in [0, 0.05) is 17.0 Å². The molecule has 0 radical (unpaired) electrons. The first-order valence-electron chi connectivity index (χ1n) is 10.5. The number of halogens is 1. The molecule has 8 heteroatoms. The molecule has 33 heavy (non-hydrogen) atoms. The van der Waals surface area contributed by atoms with Crippen LogP contribution in [0.1, 0.15) is 27.3 Å². The van der Waals surface area contributed by atoms with Crippen molar-refractivity contribution in [3.05, 3.63) is 102 Å². The Morgan fingerprint density at radius 2 is 1.82 bits per heavy atom. The minimum Gasteiger partial charge on any atom is -0.312 e. The van der Waals surface area contributed by atoms with E-state index in [2.05, 4.69) is 20.4 Å². The Balaban J connectivity index is 1.56. The number of imidazole rings is 1. The summed E-state index contributed by atoms with van der Waals surface area (Å²) in [4.78, 5) is 22.4.